The van der Waals surface area contributed by atoms with E-state index in [0.717, 1.165) is 0 Å². The molecule has 0 heteroatoms. The largest absolute Gasteiger partial charge is 0.0683 e. The SMILES string of the molecule is CC.CC.CC.CC.c1ccc2c(c1)CCC2. The first-order valence-electron chi connectivity index (χ1n) is 7.53. The molecule has 0 aromatic heterocycles. The van der Waals surface area contributed by atoms with Crippen LogP contribution in [-0.2, 0) is 12.8 Å². The molecule has 1 aromatic carbocycles. The highest BCUT2D eigenvalue weighted by molar-refractivity contribution is 5.30. The van der Waals surface area contributed by atoms with Crippen LogP contribution >= 0.6 is 0 Å². The first kappa shape index (κ1) is 21.5. The lowest BCUT2D eigenvalue weighted by atomic mass is 10.1. The third kappa shape index (κ3) is 10.1. The molecule has 0 unspecified atom stereocenters. The molecule has 1 aliphatic rings. The zero-order valence-corrected chi connectivity index (χ0v) is 13.4. The Kier molecular flexibility index (Phi) is 26.1. The fourth-order valence-electron chi connectivity index (χ4n) is 1.51. The molecule has 0 saturated heterocycles. The molecule has 0 spiro atoms. The maximum atomic E-state index is 2.24. The van der Waals surface area contributed by atoms with Gasteiger partial charge in [0, 0.05) is 0 Å². The van der Waals surface area contributed by atoms with E-state index in [1.54, 1.807) is 11.1 Å². The van der Waals surface area contributed by atoms with Crippen molar-refractivity contribution in [2.45, 2.75) is 74.7 Å². The van der Waals surface area contributed by atoms with E-state index >= 15 is 0 Å². The summed E-state index contributed by atoms with van der Waals surface area (Å²) in [6.45, 7) is 16.0. The van der Waals surface area contributed by atoms with Crippen LogP contribution in [0, 0.1) is 0 Å². The predicted molar refractivity (Wildman–Crippen MR) is 83.9 cm³/mol. The lowest BCUT2D eigenvalue weighted by molar-refractivity contribution is 0.912. The van der Waals surface area contributed by atoms with Crippen LogP contribution < -0.4 is 0 Å². The van der Waals surface area contributed by atoms with Gasteiger partial charge in [-0.2, -0.15) is 0 Å². The van der Waals surface area contributed by atoms with Gasteiger partial charge in [0.1, 0.15) is 0 Å². The Morgan fingerprint density at radius 2 is 0.882 bits per heavy atom. The lowest BCUT2D eigenvalue weighted by Crippen LogP contribution is -1.77. The Bertz CT molecular complexity index is 190. The number of fused-ring (bicyclic) bond motifs is 1. The monoisotopic (exact) mass is 238 g/mol. The highest BCUT2D eigenvalue weighted by Gasteiger charge is 2.07. The molecular formula is C17H34. The molecule has 0 fully saturated rings. The van der Waals surface area contributed by atoms with Crippen LogP contribution in [0.15, 0.2) is 24.3 Å². The molecule has 0 bridgehead atoms. The summed E-state index contributed by atoms with van der Waals surface area (Å²) < 4.78 is 0. The van der Waals surface area contributed by atoms with Gasteiger partial charge in [0.2, 0.25) is 0 Å². The summed E-state index contributed by atoms with van der Waals surface area (Å²) in [4.78, 5) is 0. The average Bonchev–Trinajstić information content (AvgIpc) is 2.96. The van der Waals surface area contributed by atoms with E-state index in [0.29, 0.717) is 0 Å². The summed E-state index contributed by atoms with van der Waals surface area (Å²) >= 11 is 0. The number of hydrogen-bond acceptors (Lipinski definition) is 0. The van der Waals surface area contributed by atoms with Crippen LogP contribution in [0.2, 0.25) is 0 Å². The van der Waals surface area contributed by atoms with Crippen LogP contribution in [0.5, 0.6) is 0 Å². The Balaban J connectivity index is -0.000000212. The third-order valence-electron chi connectivity index (χ3n) is 2.01. The van der Waals surface area contributed by atoms with Crippen molar-refractivity contribution in [1.29, 1.82) is 0 Å². The van der Waals surface area contributed by atoms with E-state index in [2.05, 4.69) is 24.3 Å². The van der Waals surface area contributed by atoms with E-state index in [4.69, 9.17) is 0 Å². The van der Waals surface area contributed by atoms with Crippen LogP contribution in [0.4, 0.5) is 0 Å². The molecule has 0 aliphatic heterocycles. The normalized spacial score (nSPS) is 9.65. The second-order valence-electron chi connectivity index (χ2n) is 2.62. The molecule has 0 amide bonds. The van der Waals surface area contributed by atoms with Crippen molar-refractivity contribution in [2.24, 2.45) is 0 Å². The van der Waals surface area contributed by atoms with Crippen LogP contribution in [-0.4, -0.2) is 0 Å². The van der Waals surface area contributed by atoms with Gasteiger partial charge in [0.25, 0.3) is 0 Å². The Labute approximate surface area is 110 Å². The molecule has 2 rings (SSSR count). The molecule has 0 saturated carbocycles. The maximum Gasteiger partial charge on any atom is -0.0273 e. The minimum Gasteiger partial charge on any atom is -0.0683 e. The standard InChI is InChI=1S/C9H10.4C2H6/c1-2-5-9-7-3-6-8(9)4-1;4*1-2/h1-2,4-5H,3,6-7H2;4*1-2H3. The second-order valence-corrected chi connectivity index (χ2v) is 2.62. The molecule has 0 radical (unpaired) electrons. The van der Waals surface area contributed by atoms with Gasteiger partial charge in [-0.3, -0.25) is 0 Å². The van der Waals surface area contributed by atoms with Gasteiger partial charge in [-0.25, -0.2) is 0 Å². The zero-order valence-electron chi connectivity index (χ0n) is 13.4. The quantitative estimate of drug-likeness (QED) is 0.499. The topological polar surface area (TPSA) is 0 Å². The molecular weight excluding hydrogens is 204 g/mol. The van der Waals surface area contributed by atoms with E-state index in [9.17, 15) is 0 Å². The summed E-state index contributed by atoms with van der Waals surface area (Å²) in [5.41, 5.74) is 3.13. The van der Waals surface area contributed by atoms with Crippen molar-refractivity contribution in [3.63, 3.8) is 0 Å². The smallest absolute Gasteiger partial charge is 0.0273 e. The van der Waals surface area contributed by atoms with Crippen molar-refractivity contribution in [3.8, 4) is 0 Å². The number of hydrogen-bond donors (Lipinski definition) is 0. The van der Waals surface area contributed by atoms with Crippen molar-refractivity contribution in [1.82, 2.24) is 0 Å². The maximum absolute atomic E-state index is 2.24. The summed E-state index contributed by atoms with van der Waals surface area (Å²) in [6.07, 6.45) is 3.96. The first-order valence-corrected chi connectivity index (χ1v) is 7.53. The van der Waals surface area contributed by atoms with Gasteiger partial charge in [-0.1, -0.05) is 79.7 Å². The van der Waals surface area contributed by atoms with Gasteiger partial charge in [-0.15, -0.1) is 0 Å². The molecule has 17 heavy (non-hydrogen) atoms. The highest BCUT2D eigenvalue weighted by atomic mass is 14.1. The lowest BCUT2D eigenvalue weighted by Gasteiger charge is -1.93. The molecule has 0 atom stereocenters. The molecule has 1 aromatic rings. The van der Waals surface area contributed by atoms with Crippen LogP contribution in [0.3, 0.4) is 0 Å². The number of aryl methyl sites for hydroxylation is 2. The van der Waals surface area contributed by atoms with Crippen LogP contribution in [0.25, 0.3) is 0 Å². The Morgan fingerprint density at radius 1 is 0.588 bits per heavy atom. The molecule has 1 aliphatic carbocycles. The van der Waals surface area contributed by atoms with E-state index in [-0.39, 0.29) is 0 Å². The summed E-state index contributed by atoms with van der Waals surface area (Å²) in [7, 11) is 0. The fourth-order valence-corrected chi connectivity index (χ4v) is 1.51. The second kappa shape index (κ2) is 20.6. The van der Waals surface area contributed by atoms with Crippen molar-refractivity contribution >= 4 is 0 Å². The summed E-state index contributed by atoms with van der Waals surface area (Å²) in [6, 6.07) is 8.74. The number of benzene rings is 1. The van der Waals surface area contributed by atoms with Crippen molar-refractivity contribution < 1.29 is 0 Å². The first-order chi connectivity index (χ1) is 8.47. The number of rotatable bonds is 0. The van der Waals surface area contributed by atoms with E-state index < -0.39 is 0 Å². The summed E-state index contributed by atoms with van der Waals surface area (Å²) in [5.74, 6) is 0. The Hall–Kier alpha value is -0.780. The van der Waals surface area contributed by atoms with Gasteiger partial charge >= 0.3 is 0 Å². The van der Waals surface area contributed by atoms with Crippen LogP contribution in [0.1, 0.15) is 72.9 Å². The molecule has 0 heterocycles. The van der Waals surface area contributed by atoms with Crippen molar-refractivity contribution in [2.75, 3.05) is 0 Å². The minimum absolute atomic E-state index is 1.30. The van der Waals surface area contributed by atoms with E-state index in [1.165, 1.54) is 19.3 Å². The fraction of sp³-hybridized carbons (Fsp3) is 0.647. The van der Waals surface area contributed by atoms with Gasteiger partial charge in [0.05, 0.1) is 0 Å². The van der Waals surface area contributed by atoms with Gasteiger partial charge in [0.15, 0.2) is 0 Å². The highest BCUT2D eigenvalue weighted by Crippen LogP contribution is 2.20. The average molecular weight is 238 g/mol. The Morgan fingerprint density at radius 3 is 1.18 bits per heavy atom. The minimum atomic E-state index is 1.30. The predicted octanol–water partition coefficient (Wildman–Crippen LogP) is 6.28. The van der Waals surface area contributed by atoms with Gasteiger partial charge < -0.3 is 0 Å². The molecule has 0 nitrogen and oxygen atoms in total. The van der Waals surface area contributed by atoms with E-state index in [1.807, 2.05) is 55.4 Å². The zero-order chi connectivity index (χ0) is 14.1. The molecule has 0 N–H and O–H groups in total. The third-order valence-corrected chi connectivity index (χ3v) is 2.01. The van der Waals surface area contributed by atoms with Crippen molar-refractivity contribution in [3.05, 3.63) is 35.4 Å². The summed E-state index contributed by atoms with van der Waals surface area (Å²) in [5, 5.41) is 0. The molecule has 102 valence electrons. The van der Waals surface area contributed by atoms with Gasteiger partial charge in [-0.05, 0) is 30.4 Å².